The molecule has 1 rings (SSSR count). The lowest BCUT2D eigenvalue weighted by molar-refractivity contribution is -0.121. The summed E-state index contributed by atoms with van der Waals surface area (Å²) >= 11 is 9.12. The van der Waals surface area contributed by atoms with Crippen molar-refractivity contribution in [2.45, 2.75) is 34.1 Å². The average Bonchev–Trinajstić information content (AvgIpc) is 2.53. The van der Waals surface area contributed by atoms with Crippen molar-refractivity contribution in [1.29, 1.82) is 0 Å². The molecule has 1 aromatic rings. The minimum Gasteiger partial charge on any atom is -0.487 e. The summed E-state index contributed by atoms with van der Waals surface area (Å²) in [5.74, 6) is -0.0147. The van der Waals surface area contributed by atoms with E-state index >= 15 is 0 Å². The van der Waals surface area contributed by atoms with Gasteiger partial charge in [0.05, 0.1) is 5.92 Å². The molecule has 0 fully saturated rings. The number of ketones is 1. The summed E-state index contributed by atoms with van der Waals surface area (Å²) in [5.41, 5.74) is 6.77. The number of hydrogen-bond acceptors (Lipinski definition) is 4. The van der Waals surface area contributed by atoms with E-state index in [1.54, 1.807) is 6.92 Å². The Morgan fingerprint density at radius 3 is 2.12 bits per heavy atom. The van der Waals surface area contributed by atoms with Crippen molar-refractivity contribution in [3.63, 3.8) is 0 Å². The Labute approximate surface area is 161 Å². The highest BCUT2D eigenvalue weighted by molar-refractivity contribution is 7.80. The van der Waals surface area contributed by atoms with Crippen molar-refractivity contribution in [2.24, 2.45) is 11.7 Å². The van der Waals surface area contributed by atoms with Crippen molar-refractivity contribution in [3.05, 3.63) is 35.4 Å². The van der Waals surface area contributed by atoms with Gasteiger partial charge in [0.2, 0.25) is 0 Å². The van der Waals surface area contributed by atoms with Gasteiger partial charge in [-0.15, -0.1) is 0 Å². The molecule has 0 saturated heterocycles. The third kappa shape index (κ3) is 10.7. The number of carbonyl (C=O) groups is 1. The van der Waals surface area contributed by atoms with Gasteiger partial charge in [-0.3, -0.25) is 4.79 Å². The lowest BCUT2D eigenvalue weighted by Crippen LogP contribution is -2.33. The molecule has 0 amide bonds. The van der Waals surface area contributed by atoms with E-state index in [2.05, 4.69) is 49.1 Å². The Bertz CT molecular complexity index is 554. The maximum atomic E-state index is 11.8. The number of nitrogens with zero attached hydrogens (tertiary/aromatic N) is 1. The van der Waals surface area contributed by atoms with Crippen LogP contribution in [0.15, 0.2) is 24.3 Å². The quantitative estimate of drug-likeness (QED) is 0.699. The van der Waals surface area contributed by atoms with E-state index in [-0.39, 0.29) is 11.7 Å². The van der Waals surface area contributed by atoms with E-state index in [1.807, 2.05) is 18.7 Å². The summed E-state index contributed by atoms with van der Waals surface area (Å²) in [6.45, 7) is 9.72. The average molecular weight is 385 g/mol. The second-order valence-electron chi connectivity index (χ2n) is 5.58. The van der Waals surface area contributed by atoms with Crippen LogP contribution in [0.5, 0.6) is 0 Å². The molecule has 1 aromatic carbocycles. The zero-order valence-corrected chi connectivity index (χ0v) is 17.0. The van der Waals surface area contributed by atoms with Crippen LogP contribution >= 0.6 is 24.4 Å². The first-order chi connectivity index (χ1) is 11.7. The van der Waals surface area contributed by atoms with Gasteiger partial charge in [-0.2, -0.15) is 0 Å². The van der Waals surface area contributed by atoms with E-state index in [4.69, 9.17) is 22.1 Å². The third-order valence-electron chi connectivity index (χ3n) is 3.61. The van der Waals surface area contributed by atoms with Crippen molar-refractivity contribution in [3.8, 4) is 0 Å². The molecule has 0 spiro atoms. The van der Waals surface area contributed by atoms with Crippen molar-refractivity contribution in [1.82, 2.24) is 4.90 Å². The van der Waals surface area contributed by atoms with Crippen LogP contribution < -0.4 is 5.73 Å². The highest BCUT2D eigenvalue weighted by Crippen LogP contribution is 2.12. The van der Waals surface area contributed by atoms with Gasteiger partial charge >= 0.3 is 0 Å². The topological polar surface area (TPSA) is 75.8 Å². The number of benzene rings is 1. The molecule has 25 heavy (non-hydrogen) atoms. The highest BCUT2D eigenvalue weighted by atomic mass is 32.1. The van der Waals surface area contributed by atoms with Gasteiger partial charge in [0.15, 0.2) is 0 Å². The zero-order chi connectivity index (χ0) is 19.4. The molecule has 0 aliphatic carbocycles. The molecule has 0 aliphatic heterocycles. The molecule has 1 atom stereocenters. The standard InChI is InChI=1S/C17H25NO2S.CH3NOS/c1-5-18(6-2)17(21)20-12-16(14(4)19)11-15-9-7-13(3)8-10-15;2-1(3)4/h7-10,16H,5-6,11-12H2,1-4H3;(H3,2,3,4). The molecule has 7 heteroatoms. The fourth-order valence-electron chi connectivity index (χ4n) is 2.07. The highest BCUT2D eigenvalue weighted by Gasteiger charge is 2.17. The molecule has 0 heterocycles. The molecule has 140 valence electrons. The summed E-state index contributed by atoms with van der Waals surface area (Å²) < 4.78 is 5.64. The minimum absolute atomic E-state index is 0.137. The molecule has 5 nitrogen and oxygen atoms in total. The van der Waals surface area contributed by atoms with Gasteiger partial charge in [-0.1, -0.05) is 29.8 Å². The summed E-state index contributed by atoms with van der Waals surface area (Å²) in [6.07, 6.45) is 0.691. The fraction of sp³-hybridized carbons (Fsp3) is 0.500. The number of aliphatic hydroxyl groups is 1. The van der Waals surface area contributed by atoms with Crippen LogP contribution in [0.3, 0.4) is 0 Å². The Hall–Kier alpha value is -1.73. The molecule has 0 saturated carbocycles. The molecule has 0 radical (unpaired) electrons. The maximum absolute atomic E-state index is 11.8. The van der Waals surface area contributed by atoms with Gasteiger partial charge in [-0.25, -0.2) is 0 Å². The van der Waals surface area contributed by atoms with E-state index in [0.29, 0.717) is 18.2 Å². The summed E-state index contributed by atoms with van der Waals surface area (Å²) in [6, 6.07) is 8.25. The Balaban J connectivity index is 0.00000129. The fourth-order valence-corrected chi connectivity index (χ4v) is 2.40. The monoisotopic (exact) mass is 384 g/mol. The number of aryl methyl sites for hydroxylation is 1. The Morgan fingerprint density at radius 1 is 1.24 bits per heavy atom. The predicted molar refractivity (Wildman–Crippen MR) is 110 cm³/mol. The predicted octanol–water partition coefficient (Wildman–Crippen LogP) is 3.17. The number of aliphatic hydroxyl groups excluding tert-OH is 1. The zero-order valence-electron chi connectivity index (χ0n) is 15.3. The normalized spacial score (nSPS) is 10.9. The Morgan fingerprint density at radius 2 is 1.72 bits per heavy atom. The number of thiocarbonyl (C=S) groups is 2. The van der Waals surface area contributed by atoms with Crippen LogP contribution in [-0.4, -0.2) is 45.8 Å². The van der Waals surface area contributed by atoms with E-state index in [0.717, 1.165) is 18.7 Å². The van der Waals surface area contributed by atoms with Crippen molar-refractivity contribution in [2.75, 3.05) is 19.7 Å². The van der Waals surface area contributed by atoms with Crippen LogP contribution in [0.4, 0.5) is 0 Å². The van der Waals surface area contributed by atoms with Crippen molar-refractivity contribution < 1.29 is 14.6 Å². The third-order valence-corrected chi connectivity index (χ3v) is 3.98. The van der Waals surface area contributed by atoms with Gasteiger partial charge in [0, 0.05) is 13.1 Å². The number of carbonyl (C=O) groups excluding carboxylic acids is 1. The second-order valence-corrected chi connectivity index (χ2v) is 6.35. The molecule has 0 bridgehead atoms. The van der Waals surface area contributed by atoms with E-state index in [1.165, 1.54) is 5.56 Å². The minimum atomic E-state index is -0.500. The summed E-state index contributed by atoms with van der Waals surface area (Å²) in [5, 5.41) is 7.55. The molecular weight excluding hydrogens is 356 g/mol. The van der Waals surface area contributed by atoms with Crippen LogP contribution in [0.25, 0.3) is 0 Å². The van der Waals surface area contributed by atoms with E-state index in [9.17, 15) is 4.79 Å². The van der Waals surface area contributed by atoms with Gasteiger partial charge in [0.25, 0.3) is 10.3 Å². The smallest absolute Gasteiger partial charge is 0.259 e. The molecule has 0 aliphatic rings. The molecule has 1 unspecified atom stereocenters. The van der Waals surface area contributed by atoms with Crippen molar-refractivity contribution >= 4 is 40.6 Å². The number of Topliss-reactive ketones (excluding diaryl/α,β-unsaturated/α-hetero) is 1. The first-order valence-corrected chi connectivity index (χ1v) is 8.98. The molecular formula is C18H28N2O3S2. The Kier molecular flexibility index (Phi) is 11.7. The molecule has 3 N–H and O–H groups in total. The number of nitrogens with two attached hydrogens (primary N) is 1. The second kappa shape index (κ2) is 12.6. The first-order valence-electron chi connectivity index (χ1n) is 8.17. The largest absolute Gasteiger partial charge is 0.487 e. The summed E-state index contributed by atoms with van der Waals surface area (Å²) in [4.78, 5) is 13.8. The lowest BCUT2D eigenvalue weighted by atomic mass is 9.96. The van der Waals surface area contributed by atoms with Crippen LogP contribution in [-0.2, 0) is 16.0 Å². The molecule has 0 aromatic heterocycles. The number of ether oxygens (including phenoxy) is 1. The lowest BCUT2D eigenvalue weighted by Gasteiger charge is -2.23. The SMILES string of the molecule is CCN(CC)C(=S)OCC(Cc1ccc(C)cc1)C(C)=O.NC(O)=S. The number of hydrogen-bond donors (Lipinski definition) is 2. The number of rotatable bonds is 7. The van der Waals surface area contributed by atoms with Crippen LogP contribution in [0.2, 0.25) is 0 Å². The van der Waals surface area contributed by atoms with E-state index < -0.39 is 5.17 Å². The van der Waals surface area contributed by atoms with Crippen LogP contribution in [0, 0.1) is 12.8 Å². The van der Waals surface area contributed by atoms with Gasteiger partial charge in [0.1, 0.15) is 12.4 Å². The van der Waals surface area contributed by atoms with Crippen LogP contribution in [0.1, 0.15) is 31.9 Å². The first kappa shape index (κ1) is 23.3. The maximum Gasteiger partial charge on any atom is 0.259 e. The summed E-state index contributed by atoms with van der Waals surface area (Å²) in [7, 11) is 0. The van der Waals surface area contributed by atoms with Gasteiger partial charge < -0.3 is 20.5 Å². The van der Waals surface area contributed by atoms with Gasteiger partial charge in [-0.05, 0) is 64.1 Å².